The third-order valence-electron chi connectivity index (χ3n) is 0.586. The third kappa shape index (κ3) is 7.85. The van der Waals surface area contributed by atoms with Gasteiger partial charge in [-0.25, -0.2) is 0 Å². The molecule has 0 amide bonds. The van der Waals surface area contributed by atoms with Crippen LogP contribution in [0.25, 0.3) is 0 Å². The highest BCUT2D eigenvalue weighted by atomic mass is 31.1. The maximum Gasteiger partial charge on any atom is 0.317 e. The zero-order chi connectivity index (χ0) is 7.11. The molecule has 1 unspecified atom stereocenters. The second kappa shape index (κ2) is 5.98. The molecule has 54 valence electrons. The predicted octanol–water partition coefficient (Wildman–Crippen LogP) is 0.118. The average molecular weight is 151 g/mol. The number of nitrogens with one attached hydrogen (secondary N) is 1. The van der Waals surface area contributed by atoms with Crippen molar-refractivity contribution in [2.45, 2.75) is 0 Å². The van der Waals surface area contributed by atoms with Gasteiger partial charge >= 0.3 is 8.25 Å². The Bertz CT molecular complexity index is 106. The summed E-state index contributed by atoms with van der Waals surface area (Å²) in [6.07, 6.45) is 1.64. The fourth-order valence-corrected chi connectivity index (χ4v) is 0.499. The van der Waals surface area contributed by atoms with Crippen LogP contribution in [0.2, 0.25) is 0 Å². The standard InChI is InChI=1S/C4H10NO3P/c1-2-3-5-4-8-9(6)7/h2,5,9H,1,3-4H2,(H,6,7). The van der Waals surface area contributed by atoms with Gasteiger partial charge in [0.05, 0.1) is 0 Å². The van der Waals surface area contributed by atoms with Crippen molar-refractivity contribution in [3.8, 4) is 0 Å². The minimum atomic E-state index is -2.76. The largest absolute Gasteiger partial charge is 0.326 e. The van der Waals surface area contributed by atoms with Crippen LogP contribution in [-0.2, 0) is 9.09 Å². The first-order chi connectivity index (χ1) is 4.27. The van der Waals surface area contributed by atoms with Gasteiger partial charge in [-0.05, 0) is 0 Å². The summed E-state index contributed by atoms with van der Waals surface area (Å²) < 4.78 is 14.1. The molecule has 0 saturated carbocycles. The van der Waals surface area contributed by atoms with E-state index in [1.165, 1.54) is 0 Å². The second-order valence-corrected chi connectivity index (χ2v) is 2.12. The van der Waals surface area contributed by atoms with Gasteiger partial charge < -0.3 is 4.89 Å². The van der Waals surface area contributed by atoms with E-state index in [2.05, 4.69) is 16.4 Å². The molecule has 0 rings (SSSR count). The molecule has 0 fully saturated rings. The zero-order valence-electron chi connectivity index (χ0n) is 4.96. The van der Waals surface area contributed by atoms with Crippen LogP contribution in [0.1, 0.15) is 0 Å². The van der Waals surface area contributed by atoms with Crippen LogP contribution in [-0.4, -0.2) is 18.2 Å². The molecule has 0 radical (unpaired) electrons. The van der Waals surface area contributed by atoms with Crippen molar-refractivity contribution in [2.75, 3.05) is 13.3 Å². The van der Waals surface area contributed by atoms with Crippen molar-refractivity contribution in [3.05, 3.63) is 12.7 Å². The van der Waals surface area contributed by atoms with E-state index in [-0.39, 0.29) is 6.73 Å². The van der Waals surface area contributed by atoms with E-state index in [0.29, 0.717) is 6.54 Å². The summed E-state index contributed by atoms with van der Waals surface area (Å²) >= 11 is 0. The maximum absolute atomic E-state index is 9.86. The minimum Gasteiger partial charge on any atom is -0.326 e. The van der Waals surface area contributed by atoms with E-state index in [0.717, 1.165) is 0 Å². The molecule has 9 heavy (non-hydrogen) atoms. The Morgan fingerprint density at radius 1 is 1.89 bits per heavy atom. The van der Waals surface area contributed by atoms with Crippen LogP contribution >= 0.6 is 8.25 Å². The van der Waals surface area contributed by atoms with Gasteiger partial charge in [-0.15, -0.1) is 6.58 Å². The number of hydrogen-bond donors (Lipinski definition) is 2. The topological polar surface area (TPSA) is 58.6 Å². The van der Waals surface area contributed by atoms with Gasteiger partial charge in [-0.3, -0.25) is 14.4 Å². The molecule has 5 heteroatoms. The number of hydrogen-bond acceptors (Lipinski definition) is 3. The van der Waals surface area contributed by atoms with Gasteiger partial charge in [0.2, 0.25) is 0 Å². The van der Waals surface area contributed by atoms with Gasteiger partial charge in [0.1, 0.15) is 6.73 Å². The molecule has 0 bridgehead atoms. The lowest BCUT2D eigenvalue weighted by Crippen LogP contribution is -2.15. The van der Waals surface area contributed by atoms with Crippen molar-refractivity contribution in [1.29, 1.82) is 0 Å². The highest BCUT2D eigenvalue weighted by molar-refractivity contribution is 7.32. The molecule has 0 aromatic carbocycles. The molecule has 0 saturated heterocycles. The fraction of sp³-hybridized carbons (Fsp3) is 0.500. The van der Waals surface area contributed by atoms with Crippen molar-refractivity contribution < 1.29 is 14.0 Å². The monoisotopic (exact) mass is 151 g/mol. The summed E-state index contributed by atoms with van der Waals surface area (Å²) in [5, 5.41) is 2.69. The third-order valence-corrected chi connectivity index (χ3v) is 0.978. The summed E-state index contributed by atoms with van der Waals surface area (Å²) in [5.74, 6) is 0. The Hall–Kier alpha value is -0.150. The molecule has 0 spiro atoms. The quantitative estimate of drug-likeness (QED) is 0.253. The number of rotatable bonds is 5. The van der Waals surface area contributed by atoms with Crippen molar-refractivity contribution in [1.82, 2.24) is 5.32 Å². The Morgan fingerprint density at radius 3 is 3.00 bits per heavy atom. The van der Waals surface area contributed by atoms with Gasteiger partial charge in [-0.2, -0.15) is 0 Å². The molecule has 0 aliphatic heterocycles. The molecule has 4 nitrogen and oxygen atoms in total. The summed E-state index contributed by atoms with van der Waals surface area (Å²) in [7, 11) is -2.76. The summed E-state index contributed by atoms with van der Waals surface area (Å²) in [6, 6.07) is 0. The van der Waals surface area contributed by atoms with Gasteiger partial charge in [0.25, 0.3) is 0 Å². The molecule has 0 heterocycles. The van der Waals surface area contributed by atoms with Gasteiger partial charge in [0.15, 0.2) is 0 Å². The van der Waals surface area contributed by atoms with Gasteiger partial charge in [0, 0.05) is 6.54 Å². The summed E-state index contributed by atoms with van der Waals surface area (Å²) in [4.78, 5) is 8.11. The lowest BCUT2D eigenvalue weighted by molar-refractivity contribution is 0.262. The molecule has 0 aliphatic rings. The van der Waals surface area contributed by atoms with E-state index >= 15 is 0 Å². The Kier molecular flexibility index (Phi) is 5.88. The van der Waals surface area contributed by atoms with Crippen LogP contribution in [0, 0.1) is 0 Å². The smallest absolute Gasteiger partial charge is 0.317 e. The molecule has 1 atom stereocenters. The molecule has 2 N–H and O–H groups in total. The van der Waals surface area contributed by atoms with Crippen LogP contribution in [0.5, 0.6) is 0 Å². The second-order valence-electron chi connectivity index (χ2n) is 1.30. The van der Waals surface area contributed by atoms with E-state index in [9.17, 15) is 4.57 Å². The highest BCUT2D eigenvalue weighted by Crippen LogP contribution is 2.11. The van der Waals surface area contributed by atoms with Crippen LogP contribution in [0.4, 0.5) is 0 Å². The molecule has 0 aliphatic carbocycles. The first kappa shape index (κ1) is 8.85. The molecule has 0 aromatic heterocycles. The first-order valence-corrected chi connectivity index (χ1v) is 3.71. The van der Waals surface area contributed by atoms with E-state index in [1.54, 1.807) is 6.08 Å². The van der Waals surface area contributed by atoms with Crippen LogP contribution < -0.4 is 5.32 Å². The molecule has 0 aromatic rings. The Labute approximate surface area is 54.5 Å². The molecular weight excluding hydrogens is 141 g/mol. The Morgan fingerprint density at radius 2 is 2.56 bits per heavy atom. The van der Waals surface area contributed by atoms with E-state index in [1.807, 2.05) is 0 Å². The first-order valence-electron chi connectivity index (χ1n) is 2.44. The van der Waals surface area contributed by atoms with Crippen LogP contribution in [0.15, 0.2) is 12.7 Å². The van der Waals surface area contributed by atoms with Crippen molar-refractivity contribution in [3.63, 3.8) is 0 Å². The van der Waals surface area contributed by atoms with E-state index in [4.69, 9.17) is 4.89 Å². The summed E-state index contributed by atoms with van der Waals surface area (Å²) in [5.41, 5.74) is 0. The predicted molar refractivity (Wildman–Crippen MR) is 35.4 cm³/mol. The lowest BCUT2D eigenvalue weighted by Gasteiger charge is -1.97. The maximum atomic E-state index is 9.86. The summed E-state index contributed by atoms with van der Waals surface area (Å²) in [6.45, 7) is 4.10. The SMILES string of the molecule is C=CCNCO[PH](=O)O. The minimum absolute atomic E-state index is 0.0975. The molecular formula is C4H10NO3P. The van der Waals surface area contributed by atoms with Crippen LogP contribution in [0.3, 0.4) is 0 Å². The average Bonchev–Trinajstić information content (AvgIpc) is 1.80. The van der Waals surface area contributed by atoms with Crippen molar-refractivity contribution in [2.24, 2.45) is 0 Å². The lowest BCUT2D eigenvalue weighted by atomic mass is 10.6. The fourth-order valence-electron chi connectivity index (χ4n) is 0.274. The van der Waals surface area contributed by atoms with E-state index < -0.39 is 8.25 Å². The highest BCUT2D eigenvalue weighted by Gasteiger charge is 1.87. The van der Waals surface area contributed by atoms with Crippen molar-refractivity contribution >= 4 is 8.25 Å². The Balaban J connectivity index is 2.91. The van der Waals surface area contributed by atoms with Gasteiger partial charge in [-0.1, -0.05) is 6.08 Å². The normalized spacial score (nSPS) is 13.0. The zero-order valence-corrected chi connectivity index (χ0v) is 5.96.